The number of rotatable bonds is 5. The molecule has 0 aliphatic heterocycles. The number of nitrogens with one attached hydrogen (secondary N) is 1. The second kappa shape index (κ2) is 8.02. The van der Waals surface area contributed by atoms with Gasteiger partial charge in [0.05, 0.1) is 10.7 Å². The highest BCUT2D eigenvalue weighted by Crippen LogP contribution is 2.25. The Balaban J connectivity index is 2.02. The maximum absolute atomic E-state index is 12.4. The summed E-state index contributed by atoms with van der Waals surface area (Å²) >= 11 is 18.2. The highest BCUT2D eigenvalue weighted by molar-refractivity contribution is 6.35. The van der Waals surface area contributed by atoms with Gasteiger partial charge in [0, 0.05) is 15.6 Å². The van der Waals surface area contributed by atoms with Crippen molar-refractivity contribution in [1.29, 1.82) is 0 Å². The fourth-order valence-corrected chi connectivity index (χ4v) is 2.95. The third kappa shape index (κ3) is 4.85. The fourth-order valence-electron chi connectivity index (χ4n) is 2.31. The number of anilines is 1. The molecule has 3 nitrogen and oxygen atoms in total. The maximum atomic E-state index is 12.4. The van der Waals surface area contributed by atoms with E-state index >= 15 is 0 Å². The summed E-state index contributed by atoms with van der Waals surface area (Å²) < 4.78 is 0. The van der Waals surface area contributed by atoms with Crippen LogP contribution < -0.4 is 10.6 Å². The predicted octanol–water partition coefficient (Wildman–Crippen LogP) is 4.30. The molecule has 0 spiro atoms. The van der Waals surface area contributed by atoms with Crippen molar-refractivity contribution in [2.75, 3.05) is 5.32 Å². The molecular weight excluding hydrogens is 355 g/mol. The minimum Gasteiger partial charge on any atom is -0.330 e. The van der Waals surface area contributed by atoms with Crippen LogP contribution in [0.25, 0.3) is 0 Å². The van der Waals surface area contributed by atoms with E-state index in [1.807, 2.05) is 43.4 Å². The van der Waals surface area contributed by atoms with Gasteiger partial charge in [0.15, 0.2) is 6.04 Å². The first-order valence-electron chi connectivity index (χ1n) is 7.24. The number of carbonyl (C=O) groups is 1. The molecule has 0 heterocycles. The van der Waals surface area contributed by atoms with Crippen molar-refractivity contribution < 1.29 is 10.1 Å². The molecule has 0 aromatic heterocycles. The zero-order valence-corrected chi connectivity index (χ0v) is 15.1. The number of nitrogens with two attached hydrogens (primary N) is 1. The molecule has 0 fully saturated rings. The van der Waals surface area contributed by atoms with Gasteiger partial charge in [-0.2, -0.15) is 0 Å². The number of carbonyl (C=O) groups excluding carboxylic acids is 1. The van der Waals surface area contributed by atoms with Crippen LogP contribution in [0.3, 0.4) is 0 Å². The summed E-state index contributed by atoms with van der Waals surface area (Å²) in [6.07, 6.45) is 0. The van der Waals surface area contributed by atoms with Crippen LogP contribution in [0.1, 0.15) is 25.5 Å². The standard InChI is InChI=1S/C17H17Cl3N2O/c1-10(13-5-3-4-6-14(13)19)21-11(2)17(23)22-16-9-12(18)7-8-15(16)20/h3-11,21H,1-2H3,(H,22,23)/p+1/t10-,11+/m0/s1. The summed E-state index contributed by atoms with van der Waals surface area (Å²) in [5, 5.41) is 6.42. The molecule has 0 saturated carbocycles. The van der Waals surface area contributed by atoms with Gasteiger partial charge >= 0.3 is 0 Å². The van der Waals surface area contributed by atoms with Gasteiger partial charge in [-0.1, -0.05) is 53.0 Å². The largest absolute Gasteiger partial charge is 0.330 e. The van der Waals surface area contributed by atoms with E-state index in [9.17, 15) is 4.79 Å². The molecule has 2 rings (SSSR count). The Hall–Kier alpha value is -1.26. The highest BCUT2D eigenvalue weighted by atomic mass is 35.5. The molecule has 0 radical (unpaired) electrons. The van der Waals surface area contributed by atoms with Crippen LogP contribution in [-0.2, 0) is 4.79 Å². The fraction of sp³-hybridized carbons (Fsp3) is 0.235. The Morgan fingerprint density at radius 3 is 2.43 bits per heavy atom. The summed E-state index contributed by atoms with van der Waals surface area (Å²) in [5.74, 6) is -0.145. The lowest BCUT2D eigenvalue weighted by Crippen LogP contribution is -2.91. The lowest BCUT2D eigenvalue weighted by molar-refractivity contribution is -0.709. The Morgan fingerprint density at radius 2 is 1.74 bits per heavy atom. The van der Waals surface area contributed by atoms with Crippen molar-refractivity contribution in [2.45, 2.75) is 25.9 Å². The van der Waals surface area contributed by atoms with Crippen LogP contribution >= 0.6 is 34.8 Å². The van der Waals surface area contributed by atoms with Gasteiger partial charge in [-0.3, -0.25) is 4.79 Å². The van der Waals surface area contributed by atoms with Gasteiger partial charge < -0.3 is 10.6 Å². The summed E-state index contributed by atoms with van der Waals surface area (Å²) in [4.78, 5) is 12.4. The zero-order chi connectivity index (χ0) is 17.0. The highest BCUT2D eigenvalue weighted by Gasteiger charge is 2.22. The van der Waals surface area contributed by atoms with Crippen LogP contribution in [0.5, 0.6) is 0 Å². The van der Waals surface area contributed by atoms with Gasteiger partial charge in [0.25, 0.3) is 5.91 Å². The van der Waals surface area contributed by atoms with Crippen LogP contribution in [0, 0.1) is 0 Å². The second-order valence-corrected chi connectivity index (χ2v) is 6.66. The molecule has 0 aliphatic carbocycles. The number of hydrogen-bond acceptors (Lipinski definition) is 1. The van der Waals surface area contributed by atoms with Gasteiger partial charge in [-0.05, 0) is 38.1 Å². The molecule has 0 bridgehead atoms. The van der Waals surface area contributed by atoms with Crippen molar-refractivity contribution in [3.63, 3.8) is 0 Å². The van der Waals surface area contributed by atoms with Crippen LogP contribution in [0.2, 0.25) is 15.1 Å². The summed E-state index contributed by atoms with van der Waals surface area (Å²) in [6, 6.07) is 12.3. The monoisotopic (exact) mass is 371 g/mol. The molecule has 2 aromatic rings. The Morgan fingerprint density at radius 1 is 1.04 bits per heavy atom. The summed E-state index contributed by atoms with van der Waals surface area (Å²) in [6.45, 7) is 3.85. The normalized spacial score (nSPS) is 13.4. The van der Waals surface area contributed by atoms with E-state index in [0.717, 1.165) is 5.56 Å². The summed E-state index contributed by atoms with van der Waals surface area (Å²) in [5.41, 5.74) is 1.50. The van der Waals surface area contributed by atoms with E-state index in [1.165, 1.54) is 0 Å². The van der Waals surface area contributed by atoms with Crippen LogP contribution in [-0.4, -0.2) is 11.9 Å². The summed E-state index contributed by atoms with van der Waals surface area (Å²) in [7, 11) is 0. The van der Waals surface area contributed by atoms with Gasteiger partial charge in [-0.15, -0.1) is 0 Å². The first-order chi connectivity index (χ1) is 10.9. The minimum absolute atomic E-state index is 0.0549. The van der Waals surface area contributed by atoms with Crippen molar-refractivity contribution in [1.82, 2.24) is 0 Å². The number of quaternary nitrogens is 1. The lowest BCUT2D eigenvalue weighted by atomic mass is 10.1. The Kier molecular flexibility index (Phi) is 6.31. The van der Waals surface area contributed by atoms with E-state index in [-0.39, 0.29) is 18.0 Å². The predicted molar refractivity (Wildman–Crippen MR) is 96.3 cm³/mol. The molecule has 23 heavy (non-hydrogen) atoms. The average molecular weight is 373 g/mol. The second-order valence-electron chi connectivity index (χ2n) is 5.40. The van der Waals surface area contributed by atoms with Crippen molar-refractivity contribution in [2.24, 2.45) is 0 Å². The SMILES string of the molecule is C[C@H]([NH2+][C@H](C)C(=O)Nc1cc(Cl)ccc1Cl)c1ccccc1Cl. The number of amides is 1. The quantitative estimate of drug-likeness (QED) is 0.807. The molecule has 3 N–H and O–H groups in total. The molecule has 1 amide bonds. The van der Waals surface area contributed by atoms with E-state index in [1.54, 1.807) is 18.2 Å². The first kappa shape index (κ1) is 18.1. The van der Waals surface area contributed by atoms with E-state index in [4.69, 9.17) is 34.8 Å². The van der Waals surface area contributed by atoms with Crippen molar-refractivity contribution >= 4 is 46.4 Å². The van der Waals surface area contributed by atoms with E-state index in [2.05, 4.69) is 5.32 Å². The van der Waals surface area contributed by atoms with Gasteiger partial charge in [-0.25, -0.2) is 0 Å². The smallest absolute Gasteiger partial charge is 0.282 e. The third-order valence-electron chi connectivity index (χ3n) is 3.57. The van der Waals surface area contributed by atoms with Crippen LogP contribution in [0.4, 0.5) is 5.69 Å². The molecule has 0 unspecified atom stereocenters. The van der Waals surface area contributed by atoms with Crippen molar-refractivity contribution in [3.05, 3.63) is 63.1 Å². The number of benzene rings is 2. The van der Waals surface area contributed by atoms with E-state index in [0.29, 0.717) is 20.8 Å². The number of halogens is 3. The van der Waals surface area contributed by atoms with Crippen LogP contribution in [0.15, 0.2) is 42.5 Å². The zero-order valence-electron chi connectivity index (χ0n) is 12.8. The van der Waals surface area contributed by atoms with Gasteiger partial charge in [0.1, 0.15) is 6.04 Å². The molecular formula is C17H18Cl3N2O+. The minimum atomic E-state index is -0.309. The molecule has 0 saturated heterocycles. The number of hydrogen-bond donors (Lipinski definition) is 2. The molecule has 6 heteroatoms. The average Bonchev–Trinajstić information content (AvgIpc) is 2.51. The topological polar surface area (TPSA) is 45.7 Å². The molecule has 2 aromatic carbocycles. The molecule has 0 aliphatic rings. The Labute approximate surface area is 150 Å². The molecule has 2 atom stereocenters. The lowest BCUT2D eigenvalue weighted by Gasteiger charge is -2.18. The molecule has 122 valence electrons. The van der Waals surface area contributed by atoms with Gasteiger partial charge in [0.2, 0.25) is 0 Å². The third-order valence-corrected chi connectivity index (χ3v) is 4.48. The van der Waals surface area contributed by atoms with E-state index < -0.39 is 0 Å². The maximum Gasteiger partial charge on any atom is 0.282 e. The Bertz CT molecular complexity index is 706. The first-order valence-corrected chi connectivity index (χ1v) is 8.37. The van der Waals surface area contributed by atoms with Crippen molar-refractivity contribution in [3.8, 4) is 0 Å².